The molecule has 2 rings (SSSR count). The molecule has 0 unspecified atom stereocenters. The van der Waals surface area contributed by atoms with Gasteiger partial charge in [-0.1, -0.05) is 30.3 Å². The number of nitrogens with one attached hydrogen (secondary N) is 1. The number of rotatable bonds is 4. The fraction of sp³-hybridized carbons (Fsp3) is 0.118. The van der Waals surface area contributed by atoms with Crippen LogP contribution in [0, 0.1) is 11.3 Å². The van der Waals surface area contributed by atoms with Crippen LogP contribution in [0.1, 0.15) is 22.3 Å². The number of amides is 1. The second-order valence-corrected chi connectivity index (χ2v) is 4.90. The first-order valence-corrected chi connectivity index (χ1v) is 6.86. The van der Waals surface area contributed by atoms with Gasteiger partial charge in [0.05, 0.1) is 29.8 Å². The van der Waals surface area contributed by atoms with Crippen LogP contribution in [0.3, 0.4) is 0 Å². The van der Waals surface area contributed by atoms with Gasteiger partial charge in [0, 0.05) is 0 Å². The molecule has 1 N–H and O–H groups in total. The van der Waals surface area contributed by atoms with Crippen molar-refractivity contribution in [3.05, 3.63) is 70.8 Å². The van der Waals surface area contributed by atoms with Crippen LogP contribution in [-0.2, 0) is 17.4 Å². The van der Waals surface area contributed by atoms with Gasteiger partial charge in [0.15, 0.2) is 0 Å². The molecular formula is C17H12F3N3O. The van der Waals surface area contributed by atoms with Gasteiger partial charge in [0.1, 0.15) is 0 Å². The Morgan fingerprint density at radius 2 is 1.92 bits per heavy atom. The van der Waals surface area contributed by atoms with Crippen molar-refractivity contribution in [3.8, 4) is 6.07 Å². The van der Waals surface area contributed by atoms with Gasteiger partial charge in [-0.25, -0.2) is 5.43 Å². The lowest BCUT2D eigenvalue weighted by molar-refractivity contribution is -0.137. The standard InChI is InChI=1S/C17H12F3N3O/c18-17(19,20)15-3-1-2-14(8-15)9-16(24)23-22-11-13-6-4-12(10-21)5-7-13/h1-8,11H,9H2,(H,23,24)/b22-11+. The zero-order chi connectivity index (χ0) is 17.6. The van der Waals surface area contributed by atoms with Crippen molar-refractivity contribution in [1.29, 1.82) is 5.26 Å². The van der Waals surface area contributed by atoms with Crippen molar-refractivity contribution in [2.45, 2.75) is 12.6 Å². The van der Waals surface area contributed by atoms with E-state index in [1.54, 1.807) is 24.3 Å². The summed E-state index contributed by atoms with van der Waals surface area (Å²) in [6.45, 7) is 0. The van der Waals surface area contributed by atoms with Crippen LogP contribution in [-0.4, -0.2) is 12.1 Å². The molecule has 0 aliphatic carbocycles. The highest BCUT2D eigenvalue weighted by atomic mass is 19.4. The molecule has 24 heavy (non-hydrogen) atoms. The van der Waals surface area contributed by atoms with E-state index in [0.29, 0.717) is 11.1 Å². The maximum absolute atomic E-state index is 12.6. The minimum Gasteiger partial charge on any atom is -0.273 e. The molecule has 0 bridgehead atoms. The zero-order valence-corrected chi connectivity index (χ0v) is 12.3. The third-order valence-electron chi connectivity index (χ3n) is 3.06. The second-order valence-electron chi connectivity index (χ2n) is 4.90. The topological polar surface area (TPSA) is 65.2 Å². The minimum absolute atomic E-state index is 0.214. The summed E-state index contributed by atoms with van der Waals surface area (Å²) < 4.78 is 37.8. The van der Waals surface area contributed by atoms with Crippen LogP contribution in [0.2, 0.25) is 0 Å². The molecule has 0 saturated heterocycles. The largest absolute Gasteiger partial charge is 0.416 e. The van der Waals surface area contributed by atoms with Gasteiger partial charge in [-0.05, 0) is 29.3 Å². The summed E-state index contributed by atoms with van der Waals surface area (Å²) >= 11 is 0. The Morgan fingerprint density at radius 3 is 2.54 bits per heavy atom. The van der Waals surface area contributed by atoms with Gasteiger partial charge in [-0.15, -0.1) is 0 Å². The molecule has 0 fully saturated rings. The van der Waals surface area contributed by atoms with E-state index in [1.165, 1.54) is 18.3 Å². The lowest BCUT2D eigenvalue weighted by Crippen LogP contribution is -2.20. The van der Waals surface area contributed by atoms with Crippen LogP contribution in [0.5, 0.6) is 0 Å². The molecule has 1 amide bonds. The van der Waals surface area contributed by atoms with Crippen LogP contribution in [0.15, 0.2) is 53.6 Å². The molecular weight excluding hydrogens is 319 g/mol. The summed E-state index contributed by atoms with van der Waals surface area (Å²) in [5.74, 6) is -0.529. The van der Waals surface area contributed by atoms with E-state index in [9.17, 15) is 18.0 Å². The smallest absolute Gasteiger partial charge is 0.273 e. The number of nitrogens with zero attached hydrogens (tertiary/aromatic N) is 2. The summed E-state index contributed by atoms with van der Waals surface area (Å²) in [5, 5.41) is 12.4. The Bertz CT molecular complexity index is 790. The molecule has 0 aromatic heterocycles. The van der Waals surface area contributed by atoms with Crippen molar-refractivity contribution in [2.75, 3.05) is 0 Å². The fourth-order valence-electron chi connectivity index (χ4n) is 1.91. The molecule has 4 nitrogen and oxygen atoms in total. The highest BCUT2D eigenvalue weighted by Crippen LogP contribution is 2.29. The molecule has 0 spiro atoms. The van der Waals surface area contributed by atoms with E-state index in [2.05, 4.69) is 10.5 Å². The van der Waals surface area contributed by atoms with Gasteiger partial charge in [0.25, 0.3) is 0 Å². The van der Waals surface area contributed by atoms with E-state index in [-0.39, 0.29) is 12.0 Å². The summed E-state index contributed by atoms with van der Waals surface area (Å²) in [5.41, 5.74) is 2.87. The van der Waals surface area contributed by atoms with Crippen LogP contribution in [0.4, 0.5) is 13.2 Å². The average molecular weight is 331 g/mol. The van der Waals surface area contributed by atoms with E-state index < -0.39 is 17.6 Å². The van der Waals surface area contributed by atoms with Crippen LogP contribution in [0.25, 0.3) is 0 Å². The third-order valence-corrected chi connectivity index (χ3v) is 3.06. The first-order valence-electron chi connectivity index (χ1n) is 6.86. The molecule has 0 atom stereocenters. The summed E-state index contributed by atoms with van der Waals surface area (Å²) in [4.78, 5) is 11.7. The molecule has 122 valence electrons. The first-order chi connectivity index (χ1) is 11.4. The average Bonchev–Trinajstić information content (AvgIpc) is 2.55. The number of benzene rings is 2. The van der Waals surface area contributed by atoms with E-state index in [0.717, 1.165) is 12.1 Å². The quantitative estimate of drug-likeness (QED) is 0.690. The molecule has 0 aliphatic heterocycles. The van der Waals surface area contributed by atoms with Crippen molar-refractivity contribution in [3.63, 3.8) is 0 Å². The molecule has 2 aromatic rings. The second kappa shape index (κ2) is 7.42. The van der Waals surface area contributed by atoms with Crippen molar-refractivity contribution in [1.82, 2.24) is 5.43 Å². The number of carbonyl (C=O) groups is 1. The molecule has 0 aliphatic rings. The molecule has 0 radical (unpaired) electrons. The van der Waals surface area contributed by atoms with Gasteiger partial charge in [-0.2, -0.15) is 23.5 Å². The Hall–Kier alpha value is -3.14. The monoisotopic (exact) mass is 331 g/mol. The van der Waals surface area contributed by atoms with Crippen molar-refractivity contribution in [2.24, 2.45) is 5.10 Å². The van der Waals surface area contributed by atoms with Gasteiger partial charge in [0.2, 0.25) is 5.91 Å². The summed E-state index contributed by atoms with van der Waals surface area (Å²) in [6.07, 6.45) is -3.28. The highest BCUT2D eigenvalue weighted by Gasteiger charge is 2.30. The number of halogens is 3. The lowest BCUT2D eigenvalue weighted by Gasteiger charge is -2.08. The van der Waals surface area contributed by atoms with Crippen molar-refractivity contribution >= 4 is 12.1 Å². The van der Waals surface area contributed by atoms with Crippen LogP contribution < -0.4 is 5.43 Å². The number of alkyl halides is 3. The highest BCUT2D eigenvalue weighted by molar-refractivity contribution is 5.83. The molecule has 2 aromatic carbocycles. The number of carbonyl (C=O) groups excluding carboxylic acids is 1. The number of hydrogen-bond acceptors (Lipinski definition) is 3. The number of hydrogen-bond donors (Lipinski definition) is 1. The Labute approximate surface area is 136 Å². The summed E-state index contributed by atoms with van der Waals surface area (Å²) in [7, 11) is 0. The Morgan fingerprint density at radius 1 is 1.21 bits per heavy atom. The van der Waals surface area contributed by atoms with Crippen molar-refractivity contribution < 1.29 is 18.0 Å². The van der Waals surface area contributed by atoms with Gasteiger partial charge >= 0.3 is 6.18 Å². The zero-order valence-electron chi connectivity index (χ0n) is 12.3. The predicted molar refractivity (Wildman–Crippen MR) is 82.0 cm³/mol. The van der Waals surface area contributed by atoms with E-state index in [1.807, 2.05) is 6.07 Å². The van der Waals surface area contributed by atoms with Crippen LogP contribution >= 0.6 is 0 Å². The maximum atomic E-state index is 12.6. The van der Waals surface area contributed by atoms with E-state index in [4.69, 9.17) is 5.26 Å². The predicted octanol–water partition coefficient (Wildman–Crippen LogP) is 3.27. The van der Waals surface area contributed by atoms with Gasteiger partial charge < -0.3 is 0 Å². The molecule has 0 heterocycles. The minimum atomic E-state index is -4.44. The Kier molecular flexibility index (Phi) is 5.32. The molecule has 0 saturated carbocycles. The fourth-order valence-corrected chi connectivity index (χ4v) is 1.91. The summed E-state index contributed by atoms with van der Waals surface area (Å²) in [6, 6.07) is 13.1. The number of hydrazone groups is 1. The Balaban J connectivity index is 1.93. The SMILES string of the molecule is N#Cc1ccc(/C=N/NC(=O)Cc2cccc(C(F)(F)F)c2)cc1. The maximum Gasteiger partial charge on any atom is 0.416 e. The number of nitriles is 1. The van der Waals surface area contributed by atoms with E-state index >= 15 is 0 Å². The lowest BCUT2D eigenvalue weighted by atomic mass is 10.1. The molecule has 7 heteroatoms. The normalized spacial score (nSPS) is 11.2. The van der Waals surface area contributed by atoms with Gasteiger partial charge in [-0.3, -0.25) is 4.79 Å². The first kappa shape index (κ1) is 17.2. The third kappa shape index (κ3) is 4.95.